The molecule has 0 spiro atoms. The van der Waals surface area contributed by atoms with E-state index < -0.39 is 0 Å². The van der Waals surface area contributed by atoms with Crippen molar-refractivity contribution in [3.05, 3.63) is 98.6 Å². The van der Waals surface area contributed by atoms with Crippen molar-refractivity contribution in [3.63, 3.8) is 0 Å². The quantitative estimate of drug-likeness (QED) is 0.622. The van der Waals surface area contributed by atoms with Gasteiger partial charge in [-0.3, -0.25) is 0 Å². The molecule has 0 bridgehead atoms. The molecule has 10 radical (unpaired) electrons. The van der Waals surface area contributed by atoms with Gasteiger partial charge in [-0.05, 0) is 75.6 Å². The van der Waals surface area contributed by atoms with Crippen LogP contribution in [0.5, 0.6) is 0 Å². The van der Waals surface area contributed by atoms with Crippen LogP contribution in [0.1, 0.15) is 11.1 Å². The lowest BCUT2D eigenvalue weighted by Gasteiger charge is -1.96. The van der Waals surface area contributed by atoms with Gasteiger partial charge in [0, 0.05) is 11.1 Å². The lowest BCUT2D eigenvalue weighted by molar-refractivity contribution is 1.43. The van der Waals surface area contributed by atoms with E-state index in [4.69, 9.17) is 0 Å². The molecule has 0 amide bonds. The normalized spacial score (nSPS) is 19.2. The van der Waals surface area contributed by atoms with Gasteiger partial charge in [-0.25, -0.2) is 0 Å². The van der Waals surface area contributed by atoms with Gasteiger partial charge in [0.25, 0.3) is 0 Å². The van der Waals surface area contributed by atoms with Gasteiger partial charge in [0.1, 0.15) is 0 Å². The highest BCUT2D eigenvalue weighted by Crippen LogP contribution is 2.22. The summed E-state index contributed by atoms with van der Waals surface area (Å²) in [6, 6.07) is 8.02. The van der Waals surface area contributed by atoms with E-state index in [9.17, 15) is 0 Å². The molecule has 20 heavy (non-hydrogen) atoms. The first-order valence-electron chi connectivity index (χ1n) is 6.48. The first-order valence-corrected chi connectivity index (χ1v) is 6.48. The second-order valence-electron chi connectivity index (χ2n) is 4.42. The van der Waals surface area contributed by atoms with Crippen molar-refractivity contribution in [1.29, 1.82) is 0 Å². The van der Waals surface area contributed by atoms with Crippen molar-refractivity contribution in [2.75, 3.05) is 0 Å². The molecule has 1 aromatic rings. The van der Waals surface area contributed by atoms with E-state index in [0.717, 1.165) is 23.0 Å². The molecule has 0 aromatic heterocycles. The minimum Gasteiger partial charge on any atom is -0.0888 e. The van der Waals surface area contributed by atoms with Crippen LogP contribution in [0.15, 0.2) is 24.3 Å². The molecule has 0 heterocycles. The maximum Gasteiger partial charge on any atom is 0.0558 e. The zero-order chi connectivity index (χ0) is 13.6. The van der Waals surface area contributed by atoms with Crippen molar-refractivity contribution in [3.8, 4) is 23.7 Å². The van der Waals surface area contributed by atoms with Crippen LogP contribution in [0.2, 0.25) is 0 Å². The SMILES string of the molecule is C(#Cc1ccc(C#C[C]2[CH][CH][CH][CH]2)cc1)[C]1[CH][CH][CH][CH]1. The molecule has 2 aliphatic rings. The maximum absolute atomic E-state index is 3.15. The van der Waals surface area contributed by atoms with Gasteiger partial charge in [-0.15, -0.1) is 0 Å². The molecule has 0 aliphatic heterocycles. The first-order chi connectivity index (χ1) is 9.90. The summed E-state index contributed by atoms with van der Waals surface area (Å²) < 4.78 is 0. The molecule has 0 N–H and O–H groups in total. The third kappa shape index (κ3) is 3.68. The molecular formula is C20H12. The van der Waals surface area contributed by atoms with Gasteiger partial charge in [0.15, 0.2) is 0 Å². The average Bonchev–Trinajstić information content (AvgIpc) is 3.17. The summed E-state index contributed by atoms with van der Waals surface area (Å²) >= 11 is 0. The Morgan fingerprint density at radius 1 is 0.450 bits per heavy atom. The fraction of sp³-hybridized carbons (Fsp3) is 0. The van der Waals surface area contributed by atoms with Crippen LogP contribution >= 0.6 is 0 Å². The van der Waals surface area contributed by atoms with E-state index in [-0.39, 0.29) is 0 Å². The summed E-state index contributed by atoms with van der Waals surface area (Å²) in [5, 5.41) is 0. The lowest BCUT2D eigenvalue weighted by Crippen LogP contribution is -1.86. The summed E-state index contributed by atoms with van der Waals surface area (Å²) in [6.07, 6.45) is 16.0. The molecular weight excluding hydrogens is 240 g/mol. The van der Waals surface area contributed by atoms with E-state index in [1.54, 1.807) is 0 Å². The van der Waals surface area contributed by atoms with Gasteiger partial charge in [0.05, 0.1) is 11.8 Å². The fourth-order valence-electron chi connectivity index (χ4n) is 1.84. The number of benzene rings is 1. The van der Waals surface area contributed by atoms with Crippen LogP contribution in [0.25, 0.3) is 0 Å². The Labute approximate surface area is 123 Å². The standard InChI is InChI=1S/C20H12/c1-2-6-17(5-1)9-11-19-13-15-20(16-14-19)12-10-18-7-3-4-8-18/h1-8,13-16H. The molecule has 2 aliphatic carbocycles. The highest BCUT2D eigenvalue weighted by atomic mass is 14.2. The molecule has 0 heteroatoms. The van der Waals surface area contributed by atoms with Crippen molar-refractivity contribution in [1.82, 2.24) is 0 Å². The van der Waals surface area contributed by atoms with Crippen molar-refractivity contribution >= 4 is 0 Å². The summed E-state index contributed by atoms with van der Waals surface area (Å²) in [6.45, 7) is 0. The van der Waals surface area contributed by atoms with Crippen LogP contribution in [-0.4, -0.2) is 0 Å². The third-order valence-electron chi connectivity index (χ3n) is 2.91. The van der Waals surface area contributed by atoms with E-state index in [1.807, 2.05) is 75.6 Å². The van der Waals surface area contributed by atoms with E-state index in [2.05, 4.69) is 23.7 Å². The van der Waals surface area contributed by atoms with Crippen molar-refractivity contribution in [2.45, 2.75) is 0 Å². The van der Waals surface area contributed by atoms with Crippen molar-refractivity contribution < 1.29 is 0 Å². The fourth-order valence-corrected chi connectivity index (χ4v) is 1.84. The molecule has 0 atom stereocenters. The monoisotopic (exact) mass is 252 g/mol. The van der Waals surface area contributed by atoms with E-state index >= 15 is 0 Å². The predicted octanol–water partition coefficient (Wildman–Crippen LogP) is 3.20. The van der Waals surface area contributed by atoms with Crippen LogP contribution in [-0.2, 0) is 0 Å². The van der Waals surface area contributed by atoms with Crippen LogP contribution in [0, 0.1) is 86.9 Å². The Balaban J connectivity index is 1.61. The minimum atomic E-state index is 1.00. The largest absolute Gasteiger partial charge is 0.0888 e. The average molecular weight is 252 g/mol. The molecule has 0 unspecified atom stereocenters. The molecule has 0 saturated heterocycles. The highest BCUT2D eigenvalue weighted by molar-refractivity contribution is 5.53. The van der Waals surface area contributed by atoms with Gasteiger partial charge in [-0.1, -0.05) is 23.7 Å². The second-order valence-corrected chi connectivity index (χ2v) is 4.42. The molecule has 2 fully saturated rings. The number of hydrogen-bond acceptors (Lipinski definition) is 0. The van der Waals surface area contributed by atoms with Crippen molar-refractivity contribution in [2.24, 2.45) is 0 Å². The van der Waals surface area contributed by atoms with Crippen LogP contribution < -0.4 is 0 Å². The zero-order valence-corrected chi connectivity index (χ0v) is 10.9. The van der Waals surface area contributed by atoms with Crippen LogP contribution in [0.3, 0.4) is 0 Å². The molecule has 1 aromatic carbocycles. The Morgan fingerprint density at radius 2 is 0.800 bits per heavy atom. The van der Waals surface area contributed by atoms with Crippen LogP contribution in [0.4, 0.5) is 0 Å². The minimum absolute atomic E-state index is 1.00. The maximum atomic E-state index is 3.15. The highest BCUT2D eigenvalue weighted by Gasteiger charge is 2.14. The summed E-state index contributed by atoms with van der Waals surface area (Å²) in [7, 11) is 0. The Hall–Kier alpha value is -1.66. The van der Waals surface area contributed by atoms with E-state index in [1.165, 1.54) is 0 Å². The smallest absolute Gasteiger partial charge is 0.0558 e. The third-order valence-corrected chi connectivity index (χ3v) is 2.91. The predicted molar refractivity (Wildman–Crippen MR) is 81.1 cm³/mol. The summed E-state index contributed by atoms with van der Waals surface area (Å²) in [5.74, 6) is 14.6. The Kier molecular flexibility index (Phi) is 4.45. The van der Waals surface area contributed by atoms with Gasteiger partial charge < -0.3 is 0 Å². The van der Waals surface area contributed by atoms with Gasteiger partial charge in [0.2, 0.25) is 0 Å². The second kappa shape index (κ2) is 6.67. The molecule has 2 saturated carbocycles. The molecule has 92 valence electrons. The van der Waals surface area contributed by atoms with Gasteiger partial charge in [-0.2, -0.15) is 0 Å². The topological polar surface area (TPSA) is 0 Å². The number of hydrogen-bond donors (Lipinski definition) is 0. The summed E-state index contributed by atoms with van der Waals surface area (Å²) in [5.41, 5.74) is 2.01. The molecule has 3 rings (SSSR count). The molecule has 0 nitrogen and oxygen atoms in total. The Morgan fingerprint density at radius 3 is 1.15 bits per heavy atom. The first kappa shape index (κ1) is 13.3. The lowest BCUT2D eigenvalue weighted by atomic mass is 10.1. The van der Waals surface area contributed by atoms with E-state index in [0.29, 0.717) is 0 Å². The number of rotatable bonds is 0. The summed E-state index contributed by atoms with van der Waals surface area (Å²) in [4.78, 5) is 0. The Bertz CT molecular complexity index is 491. The zero-order valence-electron chi connectivity index (χ0n) is 10.9. The van der Waals surface area contributed by atoms with Gasteiger partial charge >= 0.3 is 0 Å².